The Bertz CT molecular complexity index is 348. The van der Waals surface area contributed by atoms with Crippen molar-refractivity contribution in [2.24, 2.45) is 12.8 Å². The van der Waals surface area contributed by atoms with Gasteiger partial charge < -0.3 is 10.5 Å². The molecule has 0 aromatic carbocycles. The summed E-state index contributed by atoms with van der Waals surface area (Å²) in [6, 6.07) is -0.203. The molecule has 1 rings (SSSR count). The lowest BCUT2D eigenvalue weighted by Gasteiger charge is -2.05. The zero-order chi connectivity index (χ0) is 11.4. The van der Waals surface area contributed by atoms with E-state index < -0.39 is 5.97 Å². The molecule has 0 radical (unpaired) electrons. The van der Waals surface area contributed by atoms with Crippen LogP contribution in [0.25, 0.3) is 0 Å². The second-order valence-electron chi connectivity index (χ2n) is 3.15. The van der Waals surface area contributed by atoms with Gasteiger partial charge in [0.25, 0.3) is 5.82 Å². The Morgan fingerprint density at radius 1 is 1.60 bits per heavy atom. The fourth-order valence-electron chi connectivity index (χ4n) is 1.18. The molecule has 0 saturated heterocycles. The van der Waals surface area contributed by atoms with Crippen molar-refractivity contribution >= 4 is 5.97 Å². The number of nitrogens with two attached hydrogens (primary N) is 1. The van der Waals surface area contributed by atoms with Crippen molar-refractivity contribution in [3.8, 4) is 0 Å². The summed E-state index contributed by atoms with van der Waals surface area (Å²) in [7, 11) is 1.71. The number of carbonyl (C=O) groups excluding carboxylic acids is 1. The van der Waals surface area contributed by atoms with Gasteiger partial charge in [0, 0.05) is 7.05 Å². The van der Waals surface area contributed by atoms with Gasteiger partial charge in [0.15, 0.2) is 0 Å². The van der Waals surface area contributed by atoms with E-state index in [0.29, 0.717) is 12.4 Å². The number of aromatic nitrogens is 3. The highest BCUT2D eigenvalue weighted by Gasteiger charge is 2.18. The van der Waals surface area contributed by atoms with Gasteiger partial charge in [0.05, 0.1) is 12.6 Å². The quantitative estimate of drug-likeness (QED) is 0.730. The zero-order valence-corrected chi connectivity index (χ0v) is 9.23. The first kappa shape index (κ1) is 11.6. The molecule has 0 spiro atoms. The molecule has 15 heavy (non-hydrogen) atoms. The summed E-state index contributed by atoms with van der Waals surface area (Å²) in [4.78, 5) is 15.4. The topological polar surface area (TPSA) is 83.0 Å². The van der Waals surface area contributed by atoms with E-state index >= 15 is 0 Å². The molecule has 1 aromatic rings. The maximum absolute atomic E-state index is 11.3. The number of rotatable bonds is 4. The van der Waals surface area contributed by atoms with Crippen molar-refractivity contribution in [1.82, 2.24) is 14.8 Å². The molecule has 0 bridgehead atoms. The molecule has 84 valence electrons. The SMILES string of the molecule is CCOC(=O)c1nc([C@@H](N)CC)n(C)n1. The van der Waals surface area contributed by atoms with Gasteiger partial charge in [-0.25, -0.2) is 9.78 Å². The van der Waals surface area contributed by atoms with Crippen molar-refractivity contribution in [2.75, 3.05) is 6.61 Å². The van der Waals surface area contributed by atoms with Crippen LogP contribution in [0.15, 0.2) is 0 Å². The zero-order valence-electron chi connectivity index (χ0n) is 9.23. The normalized spacial score (nSPS) is 12.5. The number of aryl methyl sites for hydroxylation is 1. The van der Waals surface area contributed by atoms with Crippen molar-refractivity contribution in [2.45, 2.75) is 26.3 Å². The number of esters is 1. The summed E-state index contributed by atoms with van der Waals surface area (Å²) >= 11 is 0. The lowest BCUT2D eigenvalue weighted by atomic mass is 10.2. The van der Waals surface area contributed by atoms with E-state index in [1.807, 2.05) is 6.92 Å². The van der Waals surface area contributed by atoms with Crippen LogP contribution in [0.3, 0.4) is 0 Å². The molecule has 6 heteroatoms. The maximum Gasteiger partial charge on any atom is 0.378 e. The third-order valence-electron chi connectivity index (χ3n) is 2.03. The van der Waals surface area contributed by atoms with Gasteiger partial charge in [-0.15, -0.1) is 5.10 Å². The molecule has 0 aliphatic carbocycles. The minimum atomic E-state index is -0.511. The molecule has 1 heterocycles. The molecule has 0 saturated carbocycles. The van der Waals surface area contributed by atoms with Gasteiger partial charge in [0.2, 0.25) is 0 Å². The first-order valence-electron chi connectivity index (χ1n) is 4.93. The van der Waals surface area contributed by atoms with Gasteiger partial charge >= 0.3 is 5.97 Å². The van der Waals surface area contributed by atoms with Crippen LogP contribution in [0, 0.1) is 0 Å². The molecule has 1 aromatic heterocycles. The van der Waals surface area contributed by atoms with Crippen LogP contribution in [0.2, 0.25) is 0 Å². The van der Waals surface area contributed by atoms with Gasteiger partial charge in [0.1, 0.15) is 5.82 Å². The number of hydrogen-bond donors (Lipinski definition) is 1. The Morgan fingerprint density at radius 3 is 2.80 bits per heavy atom. The second kappa shape index (κ2) is 4.88. The second-order valence-corrected chi connectivity index (χ2v) is 3.15. The van der Waals surface area contributed by atoms with E-state index in [1.54, 1.807) is 14.0 Å². The summed E-state index contributed by atoms with van der Waals surface area (Å²) in [5.74, 6) is 0.154. The predicted octanol–water partition coefficient (Wildman–Crippen LogP) is 0.402. The van der Waals surface area contributed by atoms with Crippen LogP contribution >= 0.6 is 0 Å². The molecule has 0 aliphatic heterocycles. The monoisotopic (exact) mass is 212 g/mol. The minimum Gasteiger partial charge on any atom is -0.460 e. The fraction of sp³-hybridized carbons (Fsp3) is 0.667. The third kappa shape index (κ3) is 2.53. The van der Waals surface area contributed by atoms with Crippen LogP contribution in [0.1, 0.15) is 42.8 Å². The van der Waals surface area contributed by atoms with Crippen LogP contribution in [0.5, 0.6) is 0 Å². The minimum absolute atomic E-state index is 0.0678. The van der Waals surface area contributed by atoms with Gasteiger partial charge in [-0.2, -0.15) is 0 Å². The molecule has 1 atom stereocenters. The van der Waals surface area contributed by atoms with E-state index in [0.717, 1.165) is 6.42 Å². The van der Waals surface area contributed by atoms with Gasteiger partial charge in [-0.05, 0) is 13.3 Å². The Hall–Kier alpha value is -1.43. The largest absolute Gasteiger partial charge is 0.460 e. The van der Waals surface area contributed by atoms with E-state index in [1.165, 1.54) is 4.68 Å². The highest BCUT2D eigenvalue weighted by atomic mass is 16.5. The molecule has 0 aliphatic rings. The van der Waals surface area contributed by atoms with Crippen molar-refractivity contribution in [1.29, 1.82) is 0 Å². The summed E-state index contributed by atoms with van der Waals surface area (Å²) in [5, 5.41) is 3.95. The predicted molar refractivity (Wildman–Crippen MR) is 54.2 cm³/mol. The number of carbonyl (C=O) groups is 1. The van der Waals surface area contributed by atoms with Crippen molar-refractivity contribution < 1.29 is 9.53 Å². The highest BCUT2D eigenvalue weighted by molar-refractivity contribution is 5.84. The third-order valence-corrected chi connectivity index (χ3v) is 2.03. The van der Waals surface area contributed by atoms with E-state index in [4.69, 9.17) is 10.5 Å². The summed E-state index contributed by atoms with van der Waals surface area (Å²) < 4.78 is 6.31. The summed E-state index contributed by atoms with van der Waals surface area (Å²) in [6.45, 7) is 4.00. The molecule has 0 fully saturated rings. The molecule has 6 nitrogen and oxygen atoms in total. The van der Waals surface area contributed by atoms with E-state index in [2.05, 4.69) is 10.1 Å². The van der Waals surface area contributed by atoms with E-state index in [9.17, 15) is 4.79 Å². The summed E-state index contributed by atoms with van der Waals surface area (Å²) in [5.41, 5.74) is 5.81. The smallest absolute Gasteiger partial charge is 0.378 e. The van der Waals surface area contributed by atoms with Crippen LogP contribution in [0.4, 0.5) is 0 Å². The van der Waals surface area contributed by atoms with Crippen LogP contribution < -0.4 is 5.73 Å². The van der Waals surface area contributed by atoms with Crippen LogP contribution in [-0.2, 0) is 11.8 Å². The van der Waals surface area contributed by atoms with Crippen LogP contribution in [-0.4, -0.2) is 27.3 Å². The first-order valence-corrected chi connectivity index (χ1v) is 4.93. The average Bonchev–Trinajstić information content (AvgIpc) is 2.60. The number of hydrogen-bond acceptors (Lipinski definition) is 5. The summed E-state index contributed by atoms with van der Waals surface area (Å²) in [6.07, 6.45) is 0.745. The highest BCUT2D eigenvalue weighted by Crippen LogP contribution is 2.10. The lowest BCUT2D eigenvalue weighted by Crippen LogP contribution is -2.14. The van der Waals surface area contributed by atoms with Gasteiger partial charge in [-0.3, -0.25) is 4.68 Å². The number of ether oxygens (including phenoxy) is 1. The molecule has 2 N–H and O–H groups in total. The van der Waals surface area contributed by atoms with Crippen molar-refractivity contribution in [3.63, 3.8) is 0 Å². The Balaban J connectivity index is 2.90. The fourth-order valence-corrected chi connectivity index (χ4v) is 1.18. The maximum atomic E-state index is 11.3. The first-order chi connectivity index (χ1) is 7.10. The van der Waals surface area contributed by atoms with Crippen molar-refractivity contribution in [3.05, 3.63) is 11.6 Å². The van der Waals surface area contributed by atoms with Gasteiger partial charge in [-0.1, -0.05) is 6.92 Å². The average molecular weight is 212 g/mol. The molecular weight excluding hydrogens is 196 g/mol. The number of nitrogens with zero attached hydrogens (tertiary/aromatic N) is 3. The standard InChI is InChI=1S/C9H16N4O2/c1-4-6(10)8-11-7(12-13(8)3)9(14)15-5-2/h6H,4-5,10H2,1-3H3/t6-/m0/s1. The molecule has 0 amide bonds. The Kier molecular flexibility index (Phi) is 3.79. The Morgan fingerprint density at radius 2 is 2.27 bits per heavy atom. The molecule has 0 unspecified atom stereocenters. The Labute approximate surface area is 88.4 Å². The van der Waals surface area contributed by atoms with E-state index in [-0.39, 0.29) is 11.9 Å². The lowest BCUT2D eigenvalue weighted by molar-refractivity contribution is 0.0512. The molecular formula is C9H16N4O2.